The molecule has 0 atom stereocenters. The Kier molecular flexibility index (Phi) is 5.12. The van der Waals surface area contributed by atoms with Gasteiger partial charge in [0, 0.05) is 13.1 Å². The van der Waals surface area contributed by atoms with Crippen LogP contribution in [0.5, 0.6) is 0 Å². The van der Waals surface area contributed by atoms with Crippen LogP contribution in [0, 0.1) is 5.92 Å². The Morgan fingerprint density at radius 2 is 2.12 bits per heavy atom. The Balaban J connectivity index is 2.99. The molecule has 98 valence electrons. The van der Waals surface area contributed by atoms with Gasteiger partial charge >= 0.3 is 0 Å². The highest BCUT2D eigenvalue weighted by Crippen LogP contribution is 2.24. The molecule has 1 rings (SSSR count). The zero-order chi connectivity index (χ0) is 13.1. The summed E-state index contributed by atoms with van der Waals surface area (Å²) >= 11 is 1.16. The summed E-state index contributed by atoms with van der Waals surface area (Å²) in [6, 6.07) is 1.54. The van der Waals surface area contributed by atoms with Crippen LogP contribution in [0.2, 0.25) is 0 Å². The summed E-state index contributed by atoms with van der Waals surface area (Å²) in [6.45, 7) is 6.68. The predicted molar refractivity (Wildman–Crippen MR) is 69.5 cm³/mol. The van der Waals surface area contributed by atoms with Gasteiger partial charge < -0.3 is 5.11 Å². The van der Waals surface area contributed by atoms with E-state index in [-0.39, 0.29) is 6.61 Å². The van der Waals surface area contributed by atoms with Crippen molar-refractivity contribution in [2.24, 2.45) is 5.92 Å². The highest BCUT2D eigenvalue weighted by atomic mass is 32.2. The maximum Gasteiger partial charge on any atom is 0.252 e. The lowest BCUT2D eigenvalue weighted by molar-refractivity contribution is 0.282. The van der Waals surface area contributed by atoms with Crippen molar-refractivity contribution in [2.75, 3.05) is 13.1 Å². The normalized spacial score (nSPS) is 12.6. The smallest absolute Gasteiger partial charge is 0.252 e. The number of rotatable bonds is 6. The quantitative estimate of drug-likeness (QED) is 0.864. The molecule has 0 aliphatic carbocycles. The van der Waals surface area contributed by atoms with Gasteiger partial charge in [-0.15, -0.1) is 11.3 Å². The molecule has 1 N–H and O–H groups in total. The Morgan fingerprint density at radius 1 is 1.47 bits per heavy atom. The Hall–Kier alpha value is -0.430. The Labute approximate surface area is 107 Å². The van der Waals surface area contributed by atoms with Crippen molar-refractivity contribution >= 4 is 21.4 Å². The number of thiophene rings is 1. The molecule has 1 heterocycles. The highest BCUT2D eigenvalue weighted by Gasteiger charge is 2.25. The van der Waals surface area contributed by atoms with Crippen LogP contribution in [0.4, 0.5) is 0 Å². The monoisotopic (exact) mass is 277 g/mol. The van der Waals surface area contributed by atoms with Crippen LogP contribution in [-0.4, -0.2) is 30.9 Å². The molecule has 0 radical (unpaired) electrons. The summed E-state index contributed by atoms with van der Waals surface area (Å²) in [7, 11) is -3.39. The number of hydrogen-bond acceptors (Lipinski definition) is 4. The van der Waals surface area contributed by atoms with E-state index in [4.69, 9.17) is 5.11 Å². The van der Waals surface area contributed by atoms with Crippen molar-refractivity contribution < 1.29 is 13.5 Å². The maximum absolute atomic E-state index is 12.3. The van der Waals surface area contributed by atoms with Gasteiger partial charge in [-0.3, -0.25) is 0 Å². The van der Waals surface area contributed by atoms with E-state index in [0.717, 1.165) is 11.3 Å². The van der Waals surface area contributed by atoms with E-state index in [2.05, 4.69) is 0 Å². The lowest BCUT2D eigenvalue weighted by Gasteiger charge is -2.21. The van der Waals surface area contributed by atoms with Gasteiger partial charge in [-0.1, -0.05) is 20.8 Å². The summed E-state index contributed by atoms with van der Waals surface area (Å²) in [5.41, 5.74) is 0.647. The second-order valence-corrected chi connectivity index (χ2v) is 7.36. The largest absolute Gasteiger partial charge is 0.392 e. The van der Waals surface area contributed by atoms with E-state index in [0.29, 0.717) is 28.8 Å². The number of aliphatic hydroxyl groups excluding tert-OH is 1. The minimum Gasteiger partial charge on any atom is -0.392 e. The molecule has 4 nitrogen and oxygen atoms in total. The lowest BCUT2D eigenvalue weighted by Crippen LogP contribution is -2.33. The van der Waals surface area contributed by atoms with E-state index >= 15 is 0 Å². The summed E-state index contributed by atoms with van der Waals surface area (Å²) in [4.78, 5) is 0. The molecule has 0 aromatic carbocycles. The molecule has 0 saturated heterocycles. The lowest BCUT2D eigenvalue weighted by atomic mass is 10.2. The average Bonchev–Trinajstić information content (AvgIpc) is 2.74. The molecule has 1 aromatic heterocycles. The topological polar surface area (TPSA) is 57.6 Å². The average molecular weight is 277 g/mol. The SMILES string of the molecule is CCN(CC(C)C)S(=O)(=O)c1cc(CO)cs1. The summed E-state index contributed by atoms with van der Waals surface area (Å²) in [5.74, 6) is 0.294. The zero-order valence-electron chi connectivity index (χ0n) is 10.4. The summed E-state index contributed by atoms with van der Waals surface area (Å²) in [5, 5.41) is 10.6. The van der Waals surface area contributed by atoms with Crippen molar-refractivity contribution in [3.8, 4) is 0 Å². The number of aliphatic hydroxyl groups is 1. The fraction of sp³-hybridized carbons (Fsp3) is 0.636. The van der Waals surface area contributed by atoms with Gasteiger partial charge in [0.25, 0.3) is 10.0 Å². The third kappa shape index (κ3) is 3.51. The molecule has 0 aliphatic heterocycles. The second-order valence-electron chi connectivity index (χ2n) is 4.28. The molecule has 0 spiro atoms. The molecule has 0 saturated carbocycles. The fourth-order valence-electron chi connectivity index (χ4n) is 1.50. The van der Waals surface area contributed by atoms with E-state index in [1.54, 1.807) is 11.4 Å². The number of hydrogen-bond donors (Lipinski definition) is 1. The highest BCUT2D eigenvalue weighted by molar-refractivity contribution is 7.91. The molecule has 17 heavy (non-hydrogen) atoms. The molecular weight excluding hydrogens is 258 g/mol. The van der Waals surface area contributed by atoms with Crippen LogP contribution in [-0.2, 0) is 16.6 Å². The summed E-state index contributed by atoms with van der Waals surface area (Å²) in [6.07, 6.45) is 0. The van der Waals surface area contributed by atoms with Crippen molar-refractivity contribution in [1.82, 2.24) is 4.31 Å². The van der Waals surface area contributed by atoms with E-state index in [1.807, 2.05) is 20.8 Å². The van der Waals surface area contributed by atoms with Crippen molar-refractivity contribution in [3.63, 3.8) is 0 Å². The van der Waals surface area contributed by atoms with Gasteiger partial charge in [0.05, 0.1) is 6.61 Å². The number of nitrogens with zero attached hydrogens (tertiary/aromatic N) is 1. The minimum atomic E-state index is -3.39. The zero-order valence-corrected chi connectivity index (χ0v) is 12.0. The second kappa shape index (κ2) is 5.95. The third-order valence-electron chi connectivity index (χ3n) is 2.33. The van der Waals surface area contributed by atoms with Gasteiger partial charge in [-0.05, 0) is 22.9 Å². The van der Waals surface area contributed by atoms with Crippen LogP contribution in [0.25, 0.3) is 0 Å². The molecule has 0 fully saturated rings. The fourth-order valence-corrected chi connectivity index (χ4v) is 4.47. The maximum atomic E-state index is 12.3. The van der Waals surface area contributed by atoms with Crippen LogP contribution in [0.3, 0.4) is 0 Å². The van der Waals surface area contributed by atoms with Crippen molar-refractivity contribution in [2.45, 2.75) is 31.6 Å². The third-order valence-corrected chi connectivity index (χ3v) is 5.73. The minimum absolute atomic E-state index is 0.123. The molecule has 6 heteroatoms. The first-order valence-electron chi connectivity index (χ1n) is 5.60. The van der Waals surface area contributed by atoms with Crippen LogP contribution in [0.15, 0.2) is 15.7 Å². The Bertz CT molecular complexity index is 451. The van der Waals surface area contributed by atoms with Gasteiger partial charge in [0.1, 0.15) is 4.21 Å². The molecule has 1 aromatic rings. The number of sulfonamides is 1. The molecular formula is C11H19NO3S2. The first-order valence-corrected chi connectivity index (χ1v) is 7.92. The van der Waals surface area contributed by atoms with Gasteiger partial charge in [0.2, 0.25) is 0 Å². The molecule has 0 amide bonds. The van der Waals surface area contributed by atoms with Gasteiger partial charge in [0.15, 0.2) is 0 Å². The molecule has 0 bridgehead atoms. The molecule has 0 aliphatic rings. The molecule has 0 unspecified atom stereocenters. The van der Waals surface area contributed by atoms with Crippen molar-refractivity contribution in [1.29, 1.82) is 0 Å². The van der Waals surface area contributed by atoms with Crippen molar-refractivity contribution in [3.05, 3.63) is 17.0 Å². The first-order chi connectivity index (χ1) is 7.91. The first kappa shape index (κ1) is 14.6. The summed E-state index contributed by atoms with van der Waals surface area (Å²) < 4.78 is 26.4. The Morgan fingerprint density at radius 3 is 2.53 bits per heavy atom. The van der Waals surface area contributed by atoms with E-state index in [9.17, 15) is 8.42 Å². The van der Waals surface area contributed by atoms with Crippen LogP contribution < -0.4 is 0 Å². The van der Waals surface area contributed by atoms with Gasteiger partial charge in [-0.25, -0.2) is 8.42 Å². The predicted octanol–water partition coefficient (Wildman–Crippen LogP) is 1.91. The van der Waals surface area contributed by atoms with Crippen LogP contribution in [0.1, 0.15) is 26.3 Å². The van der Waals surface area contributed by atoms with E-state index < -0.39 is 10.0 Å². The standard InChI is InChI=1S/C11H19NO3S2/c1-4-12(6-9(2)3)17(14,15)11-5-10(7-13)8-16-11/h5,8-9,13H,4,6-7H2,1-3H3. The van der Waals surface area contributed by atoms with E-state index in [1.165, 1.54) is 4.31 Å². The van der Waals surface area contributed by atoms with Gasteiger partial charge in [-0.2, -0.15) is 4.31 Å². The van der Waals surface area contributed by atoms with Crippen LogP contribution >= 0.6 is 11.3 Å².